The standard InChI is InChI=1S/C15H11ClN4O3S/c1-8-6-9-7-10(2-4-12(9)17-8)20-24(21,22)13-5-3-11(16)14-15(13)19-23-18-14/h2-7,17,20H,1H3. The number of sulfonamides is 1. The molecule has 0 saturated carbocycles. The van der Waals surface area contributed by atoms with Crippen LogP contribution in [-0.2, 0) is 10.0 Å². The molecule has 0 aliphatic carbocycles. The molecule has 0 bridgehead atoms. The highest BCUT2D eigenvalue weighted by molar-refractivity contribution is 7.93. The first kappa shape index (κ1) is 15.0. The molecule has 0 aliphatic rings. The number of benzene rings is 2. The molecule has 2 aromatic heterocycles. The Morgan fingerprint density at radius 3 is 2.75 bits per heavy atom. The maximum absolute atomic E-state index is 12.7. The third kappa shape index (κ3) is 2.40. The van der Waals surface area contributed by atoms with Crippen LogP contribution in [0.2, 0.25) is 5.02 Å². The summed E-state index contributed by atoms with van der Waals surface area (Å²) in [5.74, 6) is 0. The summed E-state index contributed by atoms with van der Waals surface area (Å²) < 4.78 is 32.5. The van der Waals surface area contributed by atoms with Gasteiger partial charge >= 0.3 is 0 Å². The fourth-order valence-electron chi connectivity index (χ4n) is 2.58. The molecule has 0 amide bonds. The molecule has 122 valence electrons. The Balaban J connectivity index is 1.78. The van der Waals surface area contributed by atoms with Crippen molar-refractivity contribution in [1.29, 1.82) is 0 Å². The summed E-state index contributed by atoms with van der Waals surface area (Å²) in [4.78, 5) is 3.14. The largest absolute Gasteiger partial charge is 0.359 e. The number of H-pyrrole nitrogens is 1. The minimum absolute atomic E-state index is 0.0477. The molecule has 24 heavy (non-hydrogen) atoms. The van der Waals surface area contributed by atoms with E-state index < -0.39 is 10.0 Å². The fourth-order valence-corrected chi connectivity index (χ4v) is 3.95. The number of nitrogens with one attached hydrogen (secondary N) is 2. The van der Waals surface area contributed by atoms with Gasteiger partial charge in [-0.15, -0.1) is 0 Å². The normalized spacial score (nSPS) is 12.1. The highest BCUT2D eigenvalue weighted by Gasteiger charge is 2.22. The van der Waals surface area contributed by atoms with Gasteiger partial charge in [0.2, 0.25) is 0 Å². The number of rotatable bonds is 3. The van der Waals surface area contributed by atoms with Gasteiger partial charge in [-0.2, -0.15) is 0 Å². The van der Waals surface area contributed by atoms with Gasteiger partial charge in [-0.1, -0.05) is 11.6 Å². The lowest BCUT2D eigenvalue weighted by molar-refractivity contribution is 0.315. The van der Waals surface area contributed by atoms with E-state index in [1.165, 1.54) is 12.1 Å². The smallest absolute Gasteiger partial charge is 0.264 e. The predicted octanol–water partition coefficient (Wildman–Crippen LogP) is 3.47. The molecule has 0 aliphatic heterocycles. The summed E-state index contributed by atoms with van der Waals surface area (Å²) in [5, 5.41) is 8.46. The molecular weight excluding hydrogens is 352 g/mol. The van der Waals surface area contributed by atoms with Gasteiger partial charge in [-0.25, -0.2) is 13.0 Å². The Morgan fingerprint density at radius 2 is 1.92 bits per heavy atom. The number of hydrogen-bond donors (Lipinski definition) is 2. The van der Waals surface area contributed by atoms with Crippen LogP contribution in [0.4, 0.5) is 5.69 Å². The molecule has 2 aromatic carbocycles. The van der Waals surface area contributed by atoms with Crippen molar-refractivity contribution in [2.24, 2.45) is 0 Å². The summed E-state index contributed by atoms with van der Waals surface area (Å²) in [6.45, 7) is 1.94. The van der Waals surface area contributed by atoms with E-state index >= 15 is 0 Å². The van der Waals surface area contributed by atoms with Crippen LogP contribution in [0.1, 0.15) is 5.69 Å². The van der Waals surface area contributed by atoms with E-state index in [1.54, 1.807) is 12.1 Å². The first-order valence-corrected chi connectivity index (χ1v) is 8.83. The van der Waals surface area contributed by atoms with E-state index in [0.717, 1.165) is 16.6 Å². The van der Waals surface area contributed by atoms with Crippen LogP contribution in [0.3, 0.4) is 0 Å². The lowest BCUT2D eigenvalue weighted by Crippen LogP contribution is -2.13. The number of aromatic amines is 1. The summed E-state index contributed by atoms with van der Waals surface area (Å²) in [5.41, 5.74) is 2.67. The highest BCUT2D eigenvalue weighted by atomic mass is 35.5. The average Bonchev–Trinajstić information content (AvgIpc) is 3.12. The van der Waals surface area contributed by atoms with Crippen LogP contribution in [0.25, 0.3) is 21.9 Å². The Kier molecular flexibility index (Phi) is 3.26. The summed E-state index contributed by atoms with van der Waals surface area (Å²) >= 11 is 5.97. The quantitative estimate of drug-likeness (QED) is 0.581. The molecule has 4 rings (SSSR count). The van der Waals surface area contributed by atoms with E-state index in [0.29, 0.717) is 5.69 Å². The molecule has 0 radical (unpaired) electrons. The molecule has 0 unspecified atom stereocenters. The van der Waals surface area contributed by atoms with Crippen LogP contribution in [-0.4, -0.2) is 23.7 Å². The van der Waals surface area contributed by atoms with E-state index in [4.69, 9.17) is 11.6 Å². The maximum atomic E-state index is 12.7. The molecule has 7 nitrogen and oxygen atoms in total. The second kappa shape index (κ2) is 5.22. The van der Waals surface area contributed by atoms with E-state index in [2.05, 4.69) is 24.6 Å². The van der Waals surface area contributed by atoms with Crippen molar-refractivity contribution in [3.8, 4) is 0 Å². The minimum Gasteiger partial charge on any atom is -0.359 e. The molecule has 2 N–H and O–H groups in total. The van der Waals surface area contributed by atoms with Crippen LogP contribution in [0, 0.1) is 6.92 Å². The van der Waals surface area contributed by atoms with Crippen molar-refractivity contribution < 1.29 is 13.0 Å². The Labute approximate surface area is 141 Å². The first-order valence-electron chi connectivity index (χ1n) is 6.97. The van der Waals surface area contributed by atoms with Crippen molar-refractivity contribution in [3.63, 3.8) is 0 Å². The predicted molar refractivity (Wildman–Crippen MR) is 90.7 cm³/mol. The van der Waals surface area contributed by atoms with Crippen molar-refractivity contribution >= 4 is 49.2 Å². The SMILES string of the molecule is Cc1cc2cc(NS(=O)(=O)c3ccc(Cl)c4nonc34)ccc2[nH]1. The van der Waals surface area contributed by atoms with Gasteiger partial charge in [-0.3, -0.25) is 4.72 Å². The molecular formula is C15H11ClN4O3S. The summed E-state index contributed by atoms with van der Waals surface area (Å²) in [6, 6.07) is 10.0. The highest BCUT2D eigenvalue weighted by Crippen LogP contribution is 2.28. The van der Waals surface area contributed by atoms with Gasteiger partial charge in [0, 0.05) is 22.3 Å². The maximum Gasteiger partial charge on any atom is 0.264 e. The van der Waals surface area contributed by atoms with Crippen molar-refractivity contribution in [2.75, 3.05) is 4.72 Å². The third-order valence-corrected chi connectivity index (χ3v) is 5.34. The molecule has 9 heteroatoms. The van der Waals surface area contributed by atoms with Crippen LogP contribution < -0.4 is 4.72 Å². The number of aryl methyl sites for hydroxylation is 1. The number of anilines is 1. The number of hydrogen-bond acceptors (Lipinski definition) is 5. The number of fused-ring (bicyclic) bond motifs is 2. The second-order valence-electron chi connectivity index (χ2n) is 5.37. The van der Waals surface area contributed by atoms with Gasteiger partial charge in [0.1, 0.15) is 4.90 Å². The topological polar surface area (TPSA) is 101 Å². The number of aromatic nitrogens is 3. The fraction of sp³-hybridized carbons (Fsp3) is 0.0667. The van der Waals surface area contributed by atoms with Crippen molar-refractivity contribution in [3.05, 3.63) is 47.1 Å². The summed E-state index contributed by atoms with van der Waals surface area (Å²) in [7, 11) is -3.87. The molecule has 2 heterocycles. The zero-order valence-electron chi connectivity index (χ0n) is 12.4. The second-order valence-corrected chi connectivity index (χ2v) is 7.42. The molecule has 0 saturated heterocycles. The van der Waals surface area contributed by atoms with E-state index in [9.17, 15) is 8.42 Å². The van der Waals surface area contributed by atoms with Crippen molar-refractivity contribution in [2.45, 2.75) is 11.8 Å². The number of nitrogens with zero attached hydrogens (tertiary/aromatic N) is 2. The molecule has 4 aromatic rings. The molecule has 0 fully saturated rings. The lowest BCUT2D eigenvalue weighted by atomic mass is 10.2. The third-order valence-electron chi connectivity index (χ3n) is 3.63. The van der Waals surface area contributed by atoms with Crippen LogP contribution in [0.15, 0.2) is 45.9 Å². The zero-order valence-corrected chi connectivity index (χ0v) is 13.9. The average molecular weight is 363 g/mol. The summed E-state index contributed by atoms with van der Waals surface area (Å²) in [6.07, 6.45) is 0. The first-order chi connectivity index (χ1) is 11.4. The Hall–Kier alpha value is -2.58. The van der Waals surface area contributed by atoms with Gasteiger partial charge in [0.25, 0.3) is 10.0 Å². The van der Waals surface area contributed by atoms with E-state index in [-0.39, 0.29) is 21.0 Å². The zero-order chi connectivity index (χ0) is 16.9. The van der Waals surface area contributed by atoms with E-state index in [1.807, 2.05) is 19.1 Å². The van der Waals surface area contributed by atoms with Gasteiger partial charge < -0.3 is 4.98 Å². The van der Waals surface area contributed by atoms with Crippen LogP contribution >= 0.6 is 11.6 Å². The van der Waals surface area contributed by atoms with Crippen molar-refractivity contribution in [1.82, 2.24) is 15.3 Å². The molecule has 0 atom stereocenters. The molecule has 0 spiro atoms. The number of halogens is 1. The Morgan fingerprint density at radius 1 is 1.12 bits per heavy atom. The van der Waals surface area contributed by atoms with Gasteiger partial charge in [0.05, 0.1) is 5.02 Å². The van der Waals surface area contributed by atoms with Gasteiger partial charge in [0.15, 0.2) is 11.0 Å². The monoisotopic (exact) mass is 362 g/mol. The Bertz CT molecular complexity index is 1180. The van der Waals surface area contributed by atoms with Crippen LogP contribution in [0.5, 0.6) is 0 Å². The lowest BCUT2D eigenvalue weighted by Gasteiger charge is -2.08. The van der Waals surface area contributed by atoms with Gasteiger partial charge in [-0.05, 0) is 53.6 Å². The minimum atomic E-state index is -3.87.